The van der Waals surface area contributed by atoms with Gasteiger partial charge < -0.3 is 9.47 Å². The highest BCUT2D eigenvalue weighted by atomic mass is 16.5. The number of benzene rings is 3. The van der Waals surface area contributed by atoms with Crippen molar-refractivity contribution in [2.45, 2.75) is 66.7 Å². The lowest BCUT2D eigenvalue weighted by atomic mass is 9.93. The first-order chi connectivity index (χ1) is 14.4. The maximum atomic E-state index is 6.45. The third-order valence-corrected chi connectivity index (χ3v) is 6.01. The average Bonchev–Trinajstić information content (AvgIpc) is 2.73. The second-order valence-electron chi connectivity index (χ2n) is 9.38. The Kier molecular flexibility index (Phi) is 7.64. The predicted octanol–water partition coefficient (Wildman–Crippen LogP) is 8.36. The molecule has 0 aromatic heterocycles. The van der Waals surface area contributed by atoms with E-state index in [4.69, 9.17) is 9.47 Å². The van der Waals surface area contributed by atoms with Crippen molar-refractivity contribution in [1.29, 1.82) is 0 Å². The maximum absolute atomic E-state index is 6.45. The molecule has 3 aromatic rings. The first kappa shape index (κ1) is 22.5. The van der Waals surface area contributed by atoms with Crippen LogP contribution in [0.5, 0.6) is 11.5 Å². The summed E-state index contributed by atoms with van der Waals surface area (Å²) in [6, 6.07) is 15.4. The van der Waals surface area contributed by atoms with Crippen LogP contribution in [0.1, 0.15) is 72.3 Å². The molecule has 0 fully saturated rings. The number of hydrogen-bond acceptors (Lipinski definition) is 2. The topological polar surface area (TPSA) is 18.5 Å². The number of fused-ring (bicyclic) bond motifs is 2. The molecule has 2 heteroatoms. The molecule has 0 aliphatic carbocycles. The molecule has 0 heterocycles. The molecule has 3 aromatic carbocycles. The van der Waals surface area contributed by atoms with E-state index in [9.17, 15) is 0 Å². The quantitative estimate of drug-likeness (QED) is 0.315. The standard InChI is InChI=1S/C28H38O2/c1-7-21(6)22-12-13-25-26(18-22)28(30-17-15-20(4)5)24-11-9-8-10-23(24)27(25)29-16-14-19(2)3/h8-13,18-21H,7,14-17H2,1-6H3. The lowest BCUT2D eigenvalue weighted by molar-refractivity contribution is 0.291. The molecule has 0 N–H and O–H groups in total. The van der Waals surface area contributed by atoms with Crippen molar-refractivity contribution < 1.29 is 9.47 Å². The normalized spacial score (nSPS) is 12.8. The highest BCUT2D eigenvalue weighted by Gasteiger charge is 2.18. The molecular weight excluding hydrogens is 368 g/mol. The van der Waals surface area contributed by atoms with Crippen molar-refractivity contribution in [3.8, 4) is 11.5 Å². The molecule has 0 aliphatic heterocycles. The van der Waals surface area contributed by atoms with Gasteiger partial charge in [-0.2, -0.15) is 0 Å². The molecule has 3 rings (SSSR count). The van der Waals surface area contributed by atoms with Gasteiger partial charge in [-0.3, -0.25) is 0 Å². The molecule has 1 atom stereocenters. The molecule has 0 radical (unpaired) electrons. The van der Waals surface area contributed by atoms with Crippen LogP contribution in [0.15, 0.2) is 42.5 Å². The molecule has 1 unspecified atom stereocenters. The van der Waals surface area contributed by atoms with Gasteiger partial charge in [0.2, 0.25) is 0 Å². The highest BCUT2D eigenvalue weighted by molar-refractivity contribution is 6.11. The van der Waals surface area contributed by atoms with Gasteiger partial charge in [0.25, 0.3) is 0 Å². The summed E-state index contributed by atoms with van der Waals surface area (Å²) >= 11 is 0. The second kappa shape index (κ2) is 10.2. The SMILES string of the molecule is CCC(C)c1ccc2c(OCCC(C)C)c3ccccc3c(OCCC(C)C)c2c1. The Morgan fingerprint density at radius 1 is 0.667 bits per heavy atom. The third kappa shape index (κ3) is 5.09. The number of ether oxygens (including phenoxy) is 2. The zero-order valence-electron chi connectivity index (χ0n) is 19.6. The Labute approximate surface area is 182 Å². The minimum atomic E-state index is 0.523. The highest BCUT2D eigenvalue weighted by Crippen LogP contribution is 2.44. The molecular formula is C28H38O2. The van der Waals surface area contributed by atoms with Crippen LogP contribution >= 0.6 is 0 Å². The molecule has 30 heavy (non-hydrogen) atoms. The van der Waals surface area contributed by atoms with Crippen LogP contribution < -0.4 is 9.47 Å². The van der Waals surface area contributed by atoms with Crippen LogP contribution in [0.2, 0.25) is 0 Å². The van der Waals surface area contributed by atoms with Crippen molar-refractivity contribution in [3.05, 3.63) is 48.0 Å². The fourth-order valence-electron chi connectivity index (χ4n) is 3.76. The molecule has 0 spiro atoms. The van der Waals surface area contributed by atoms with E-state index in [-0.39, 0.29) is 0 Å². The first-order valence-electron chi connectivity index (χ1n) is 11.7. The van der Waals surface area contributed by atoms with Crippen LogP contribution in [0, 0.1) is 11.8 Å². The summed E-state index contributed by atoms with van der Waals surface area (Å²) in [5.41, 5.74) is 1.36. The van der Waals surface area contributed by atoms with E-state index in [1.807, 2.05) is 0 Å². The largest absolute Gasteiger partial charge is 0.492 e. The molecule has 2 nitrogen and oxygen atoms in total. The summed E-state index contributed by atoms with van der Waals surface area (Å²) < 4.78 is 12.9. The van der Waals surface area contributed by atoms with Gasteiger partial charge in [0.15, 0.2) is 0 Å². The van der Waals surface area contributed by atoms with Crippen molar-refractivity contribution in [1.82, 2.24) is 0 Å². The summed E-state index contributed by atoms with van der Waals surface area (Å²) in [6.45, 7) is 15.0. The van der Waals surface area contributed by atoms with E-state index in [1.165, 1.54) is 10.9 Å². The van der Waals surface area contributed by atoms with Crippen molar-refractivity contribution in [2.75, 3.05) is 13.2 Å². The number of hydrogen-bond donors (Lipinski definition) is 0. The van der Waals surface area contributed by atoms with Crippen molar-refractivity contribution in [2.24, 2.45) is 11.8 Å². The van der Waals surface area contributed by atoms with Gasteiger partial charge in [-0.05, 0) is 48.6 Å². The van der Waals surface area contributed by atoms with E-state index < -0.39 is 0 Å². The van der Waals surface area contributed by atoms with E-state index >= 15 is 0 Å². The minimum absolute atomic E-state index is 0.523. The molecule has 0 saturated heterocycles. The maximum Gasteiger partial charge on any atom is 0.135 e. The van der Waals surface area contributed by atoms with Crippen LogP contribution in [-0.2, 0) is 0 Å². The smallest absolute Gasteiger partial charge is 0.135 e. The van der Waals surface area contributed by atoms with Gasteiger partial charge in [-0.25, -0.2) is 0 Å². The van der Waals surface area contributed by atoms with Gasteiger partial charge in [-0.15, -0.1) is 0 Å². The molecule has 0 bridgehead atoms. The van der Waals surface area contributed by atoms with Gasteiger partial charge in [0, 0.05) is 21.5 Å². The summed E-state index contributed by atoms with van der Waals surface area (Å²) in [4.78, 5) is 0. The summed E-state index contributed by atoms with van der Waals surface area (Å²) in [7, 11) is 0. The van der Waals surface area contributed by atoms with E-state index in [0.717, 1.165) is 60.1 Å². The Morgan fingerprint density at radius 3 is 1.67 bits per heavy atom. The van der Waals surface area contributed by atoms with Crippen LogP contribution in [0.25, 0.3) is 21.5 Å². The molecule has 0 saturated carbocycles. The minimum Gasteiger partial charge on any atom is -0.492 e. The summed E-state index contributed by atoms with van der Waals surface area (Å²) in [5.74, 6) is 3.76. The Morgan fingerprint density at radius 2 is 1.17 bits per heavy atom. The van der Waals surface area contributed by atoms with Crippen LogP contribution in [0.3, 0.4) is 0 Å². The van der Waals surface area contributed by atoms with Gasteiger partial charge >= 0.3 is 0 Å². The monoisotopic (exact) mass is 406 g/mol. The van der Waals surface area contributed by atoms with Gasteiger partial charge in [-0.1, -0.05) is 77.9 Å². The fourth-order valence-corrected chi connectivity index (χ4v) is 3.76. The van der Waals surface area contributed by atoms with Gasteiger partial charge in [0.05, 0.1) is 13.2 Å². The Balaban J connectivity index is 2.18. The van der Waals surface area contributed by atoms with E-state index in [0.29, 0.717) is 17.8 Å². The lowest BCUT2D eigenvalue weighted by Gasteiger charge is -2.20. The molecule has 162 valence electrons. The van der Waals surface area contributed by atoms with Crippen LogP contribution in [-0.4, -0.2) is 13.2 Å². The summed E-state index contributed by atoms with van der Waals surface area (Å²) in [5, 5.41) is 4.62. The first-order valence-corrected chi connectivity index (χ1v) is 11.7. The van der Waals surface area contributed by atoms with Crippen molar-refractivity contribution in [3.63, 3.8) is 0 Å². The average molecular weight is 407 g/mol. The Hall–Kier alpha value is -2.22. The van der Waals surface area contributed by atoms with E-state index in [2.05, 4.69) is 84.0 Å². The van der Waals surface area contributed by atoms with Crippen LogP contribution in [0.4, 0.5) is 0 Å². The lowest BCUT2D eigenvalue weighted by Crippen LogP contribution is -2.05. The third-order valence-electron chi connectivity index (χ3n) is 6.01. The molecule has 0 amide bonds. The Bertz CT molecular complexity index is 971. The van der Waals surface area contributed by atoms with Gasteiger partial charge in [0.1, 0.15) is 11.5 Å². The zero-order chi connectivity index (χ0) is 21.7. The summed E-state index contributed by atoms with van der Waals surface area (Å²) in [6.07, 6.45) is 3.22. The predicted molar refractivity (Wildman–Crippen MR) is 130 cm³/mol. The zero-order valence-corrected chi connectivity index (χ0v) is 19.6. The second-order valence-corrected chi connectivity index (χ2v) is 9.38. The van der Waals surface area contributed by atoms with E-state index in [1.54, 1.807) is 0 Å². The molecule has 0 aliphatic rings. The van der Waals surface area contributed by atoms with Crippen molar-refractivity contribution >= 4 is 21.5 Å². The fraction of sp³-hybridized carbons (Fsp3) is 0.500. The number of rotatable bonds is 10.